The summed E-state index contributed by atoms with van der Waals surface area (Å²) >= 11 is 0. The number of nitrogens with zero attached hydrogens (tertiary/aromatic N) is 6. The smallest absolute Gasteiger partial charge is 0.419 e. The first-order valence-electron chi connectivity index (χ1n) is 10.0. The Hall–Kier alpha value is -3.19. The van der Waals surface area contributed by atoms with Crippen molar-refractivity contribution in [3.8, 4) is 6.07 Å². The molecule has 3 rings (SSSR count). The molecule has 0 aliphatic carbocycles. The van der Waals surface area contributed by atoms with Crippen molar-refractivity contribution in [1.82, 2.24) is 19.4 Å². The predicted octanol–water partition coefficient (Wildman–Crippen LogP) is 1.35. The van der Waals surface area contributed by atoms with Gasteiger partial charge in [-0.3, -0.25) is 4.79 Å². The SMILES string of the molecule is C[C@@H]1CCN(C(=O)CC#N)CC1N(C)c1ncnc2c1ccn2C(=O)OCCCN. The van der Waals surface area contributed by atoms with Crippen LogP contribution in [0.3, 0.4) is 0 Å². The predicted molar refractivity (Wildman–Crippen MR) is 111 cm³/mol. The number of rotatable bonds is 6. The van der Waals surface area contributed by atoms with E-state index in [0.29, 0.717) is 43.4 Å². The van der Waals surface area contributed by atoms with Gasteiger partial charge in [-0.05, 0) is 31.4 Å². The minimum atomic E-state index is -0.509. The number of aromatic nitrogens is 3. The minimum Gasteiger partial charge on any atom is -0.449 e. The molecule has 2 aromatic heterocycles. The molecule has 2 aromatic rings. The minimum absolute atomic E-state index is 0.0272. The third-order valence-electron chi connectivity index (χ3n) is 5.56. The molecule has 10 heteroatoms. The number of likely N-dealkylation sites (N-methyl/N-ethyl adjacent to an activating group) is 1. The van der Waals surface area contributed by atoms with Crippen molar-refractivity contribution in [3.05, 3.63) is 18.6 Å². The van der Waals surface area contributed by atoms with Gasteiger partial charge in [0.2, 0.25) is 5.91 Å². The Labute approximate surface area is 175 Å². The van der Waals surface area contributed by atoms with Crippen LogP contribution in [0, 0.1) is 17.2 Å². The van der Waals surface area contributed by atoms with Crippen LogP contribution >= 0.6 is 0 Å². The van der Waals surface area contributed by atoms with Crippen molar-refractivity contribution >= 4 is 28.9 Å². The number of anilines is 1. The number of carbonyl (C=O) groups excluding carboxylic acids is 2. The molecule has 1 aliphatic rings. The molecule has 1 aliphatic heterocycles. The highest BCUT2D eigenvalue weighted by Crippen LogP contribution is 2.29. The van der Waals surface area contributed by atoms with Crippen LogP contribution in [0.15, 0.2) is 18.6 Å². The van der Waals surface area contributed by atoms with Gasteiger partial charge < -0.3 is 20.3 Å². The van der Waals surface area contributed by atoms with Gasteiger partial charge >= 0.3 is 6.09 Å². The van der Waals surface area contributed by atoms with Gasteiger partial charge in [0.25, 0.3) is 0 Å². The molecule has 2 N–H and O–H groups in total. The van der Waals surface area contributed by atoms with E-state index < -0.39 is 6.09 Å². The molecule has 1 amide bonds. The van der Waals surface area contributed by atoms with Gasteiger partial charge in [0, 0.05) is 26.3 Å². The number of nitriles is 1. The normalized spacial score (nSPS) is 18.8. The van der Waals surface area contributed by atoms with Gasteiger partial charge in [0.15, 0.2) is 5.65 Å². The highest BCUT2D eigenvalue weighted by atomic mass is 16.5. The highest BCUT2D eigenvalue weighted by Gasteiger charge is 2.32. The summed E-state index contributed by atoms with van der Waals surface area (Å²) in [4.78, 5) is 37.1. The highest BCUT2D eigenvalue weighted by molar-refractivity contribution is 5.93. The Balaban J connectivity index is 1.84. The number of piperidine rings is 1. The topological polar surface area (TPSA) is 130 Å². The summed E-state index contributed by atoms with van der Waals surface area (Å²) < 4.78 is 6.59. The van der Waals surface area contributed by atoms with E-state index in [-0.39, 0.29) is 25.0 Å². The Morgan fingerprint density at radius 1 is 1.43 bits per heavy atom. The third kappa shape index (κ3) is 4.36. The summed E-state index contributed by atoms with van der Waals surface area (Å²) in [6, 6.07) is 3.74. The Kier molecular flexibility index (Phi) is 6.84. The summed E-state index contributed by atoms with van der Waals surface area (Å²) in [5.41, 5.74) is 5.90. The van der Waals surface area contributed by atoms with Crippen molar-refractivity contribution in [1.29, 1.82) is 5.26 Å². The van der Waals surface area contributed by atoms with Crippen LogP contribution in [0.1, 0.15) is 26.2 Å². The number of hydrogen-bond acceptors (Lipinski definition) is 8. The number of amides is 1. The van der Waals surface area contributed by atoms with Crippen molar-refractivity contribution < 1.29 is 14.3 Å². The summed E-state index contributed by atoms with van der Waals surface area (Å²) in [6.07, 6.45) is 3.85. The van der Waals surface area contributed by atoms with Gasteiger partial charge in [-0.2, -0.15) is 5.26 Å². The number of ether oxygens (including phenoxy) is 1. The molecule has 1 fully saturated rings. The van der Waals surface area contributed by atoms with E-state index in [1.165, 1.54) is 10.9 Å². The fourth-order valence-electron chi connectivity index (χ4n) is 3.79. The van der Waals surface area contributed by atoms with E-state index in [2.05, 4.69) is 16.9 Å². The van der Waals surface area contributed by atoms with Gasteiger partial charge in [-0.15, -0.1) is 0 Å². The molecule has 0 radical (unpaired) electrons. The second-order valence-electron chi connectivity index (χ2n) is 7.50. The first kappa shape index (κ1) is 21.5. The fraction of sp³-hybridized carbons (Fsp3) is 0.550. The zero-order chi connectivity index (χ0) is 21.7. The molecular formula is C20H27N7O3. The molecule has 30 heavy (non-hydrogen) atoms. The number of likely N-dealkylation sites (tertiary alicyclic amines) is 1. The lowest BCUT2D eigenvalue weighted by molar-refractivity contribution is -0.131. The molecule has 0 spiro atoms. The molecule has 0 saturated carbocycles. The van der Waals surface area contributed by atoms with Crippen LogP contribution in [0.4, 0.5) is 10.6 Å². The van der Waals surface area contributed by atoms with Crippen LogP contribution < -0.4 is 10.6 Å². The molecule has 0 aromatic carbocycles. The van der Waals surface area contributed by atoms with Crippen molar-refractivity contribution in [2.75, 3.05) is 38.2 Å². The van der Waals surface area contributed by atoms with Crippen LogP contribution in [-0.4, -0.2) is 70.8 Å². The largest absolute Gasteiger partial charge is 0.449 e. The maximum absolute atomic E-state index is 12.4. The second-order valence-corrected chi connectivity index (χ2v) is 7.50. The number of fused-ring (bicyclic) bond motifs is 1. The van der Waals surface area contributed by atoms with E-state index in [4.69, 9.17) is 15.7 Å². The quantitative estimate of drug-likeness (QED) is 0.702. The van der Waals surface area contributed by atoms with Crippen LogP contribution in [0.25, 0.3) is 11.0 Å². The average molecular weight is 413 g/mol. The lowest BCUT2D eigenvalue weighted by atomic mass is 9.92. The molecule has 3 heterocycles. The van der Waals surface area contributed by atoms with E-state index in [1.54, 1.807) is 17.2 Å². The van der Waals surface area contributed by atoms with Crippen LogP contribution in [0.5, 0.6) is 0 Å². The van der Waals surface area contributed by atoms with E-state index in [1.807, 2.05) is 18.0 Å². The molecule has 10 nitrogen and oxygen atoms in total. The van der Waals surface area contributed by atoms with Crippen molar-refractivity contribution in [3.63, 3.8) is 0 Å². The number of hydrogen-bond donors (Lipinski definition) is 1. The van der Waals surface area contributed by atoms with E-state index >= 15 is 0 Å². The molecular weight excluding hydrogens is 386 g/mol. The second kappa shape index (κ2) is 9.54. The zero-order valence-corrected chi connectivity index (χ0v) is 17.3. The lowest BCUT2D eigenvalue weighted by Crippen LogP contribution is -2.52. The van der Waals surface area contributed by atoms with Gasteiger partial charge in [0.05, 0.1) is 24.1 Å². The molecule has 1 saturated heterocycles. The standard InChI is InChI=1S/C20H27N7O3/c1-14-5-9-26(17(28)4-8-22)12-16(14)25(2)18-15-6-10-27(19(15)24-13-23-18)20(29)30-11-3-7-21/h6,10,13-14,16H,3-5,7,9,11-12,21H2,1-2H3/t14-,16?/m1/s1. The molecule has 0 bridgehead atoms. The lowest BCUT2D eigenvalue weighted by Gasteiger charge is -2.42. The number of nitrogens with two attached hydrogens (primary N) is 1. The molecule has 2 atom stereocenters. The van der Waals surface area contributed by atoms with Crippen molar-refractivity contribution in [2.24, 2.45) is 11.7 Å². The fourth-order valence-corrected chi connectivity index (χ4v) is 3.79. The summed E-state index contributed by atoms with van der Waals surface area (Å²) in [6.45, 7) is 4.01. The zero-order valence-electron chi connectivity index (χ0n) is 17.3. The van der Waals surface area contributed by atoms with E-state index in [9.17, 15) is 9.59 Å². The summed E-state index contributed by atoms with van der Waals surface area (Å²) in [7, 11) is 1.93. The van der Waals surface area contributed by atoms with Gasteiger partial charge in [0.1, 0.15) is 18.6 Å². The summed E-state index contributed by atoms with van der Waals surface area (Å²) in [5.74, 6) is 0.858. The maximum atomic E-state index is 12.4. The monoisotopic (exact) mass is 413 g/mol. The Morgan fingerprint density at radius 2 is 2.23 bits per heavy atom. The third-order valence-corrected chi connectivity index (χ3v) is 5.56. The van der Waals surface area contributed by atoms with Gasteiger partial charge in [-0.1, -0.05) is 6.92 Å². The first-order chi connectivity index (χ1) is 14.5. The Morgan fingerprint density at radius 3 is 2.97 bits per heavy atom. The van der Waals surface area contributed by atoms with Crippen LogP contribution in [-0.2, 0) is 9.53 Å². The first-order valence-corrected chi connectivity index (χ1v) is 10.0. The maximum Gasteiger partial charge on any atom is 0.419 e. The van der Waals surface area contributed by atoms with Crippen molar-refractivity contribution in [2.45, 2.75) is 32.2 Å². The number of carbonyl (C=O) groups is 2. The Bertz CT molecular complexity index is 952. The summed E-state index contributed by atoms with van der Waals surface area (Å²) in [5, 5.41) is 9.56. The van der Waals surface area contributed by atoms with Crippen LogP contribution in [0.2, 0.25) is 0 Å². The molecule has 1 unspecified atom stereocenters. The van der Waals surface area contributed by atoms with E-state index in [0.717, 1.165) is 11.8 Å². The average Bonchev–Trinajstić information content (AvgIpc) is 3.18. The van der Waals surface area contributed by atoms with Gasteiger partial charge in [-0.25, -0.2) is 19.3 Å². The molecule has 160 valence electrons.